The Hall–Kier alpha value is -3.14. The molecular weight excluding hydrogens is 491 g/mol. The second kappa shape index (κ2) is 9.96. The van der Waals surface area contributed by atoms with E-state index in [1.54, 1.807) is 4.57 Å². The van der Waals surface area contributed by atoms with Crippen molar-refractivity contribution >= 4 is 22.7 Å². The number of halogens is 2. The number of imidazole rings is 1. The summed E-state index contributed by atoms with van der Waals surface area (Å²) in [7, 11) is 0. The number of carbonyl (C=O) groups is 1. The van der Waals surface area contributed by atoms with E-state index >= 15 is 0 Å². The third-order valence-electron chi connectivity index (χ3n) is 6.53. The average Bonchev–Trinajstić information content (AvgIpc) is 3.57. The Bertz CT molecular complexity index is 1530. The number of para-hydroxylation sites is 1. The van der Waals surface area contributed by atoms with Crippen molar-refractivity contribution in [1.82, 2.24) is 9.55 Å². The number of nitrogens with zero attached hydrogens (tertiary/aromatic N) is 2. The first-order chi connectivity index (χ1) is 17.4. The van der Waals surface area contributed by atoms with E-state index in [1.807, 2.05) is 43.3 Å². The fraction of sp³-hybridized carbons (Fsp3) is 0.259. The molecule has 37 heavy (non-hydrogen) atoms. The molecule has 0 saturated carbocycles. The van der Waals surface area contributed by atoms with E-state index in [4.69, 9.17) is 14.2 Å². The van der Waals surface area contributed by atoms with Gasteiger partial charge in [-0.25, -0.2) is 13.8 Å². The second-order valence-electron chi connectivity index (χ2n) is 8.81. The zero-order valence-electron chi connectivity index (χ0n) is 21.7. The maximum Gasteiger partial charge on any atom is 1.00 e. The maximum atomic E-state index is 14.9. The molecule has 4 aromatic rings. The molecule has 6 rings (SSSR count). The van der Waals surface area contributed by atoms with Gasteiger partial charge in [-0.05, 0) is 30.3 Å². The largest absolute Gasteiger partial charge is 1.00 e. The van der Waals surface area contributed by atoms with Crippen LogP contribution in [0.2, 0.25) is 0 Å². The number of benzene rings is 3. The summed E-state index contributed by atoms with van der Waals surface area (Å²) in [5.41, 5.74) is 3.64. The number of nitrogens with one attached hydrogen (secondary N) is 1. The van der Waals surface area contributed by atoms with Gasteiger partial charge in [0.15, 0.2) is 17.7 Å². The third kappa shape index (κ3) is 4.35. The first-order valence-corrected chi connectivity index (χ1v) is 11.8. The number of esters is 1. The van der Waals surface area contributed by atoms with Crippen LogP contribution < -0.4 is 44.3 Å². The molecule has 2 aliphatic rings. The SMILES string of the molecule is CCc1nc2ccc(F)c(F)c2n1-c1cccc2c1OC[C@H]2Nc1ccc2c(c1)OC[C@H]2OC(C)=O.[H-].[Na+]. The molecule has 0 amide bonds. The van der Waals surface area contributed by atoms with E-state index < -0.39 is 17.7 Å². The molecule has 1 N–H and O–H groups in total. The fourth-order valence-corrected chi connectivity index (χ4v) is 4.94. The van der Waals surface area contributed by atoms with Gasteiger partial charge in [-0.3, -0.25) is 9.36 Å². The molecule has 3 aromatic carbocycles. The van der Waals surface area contributed by atoms with Crippen LogP contribution in [0.1, 0.15) is 44.4 Å². The number of aryl methyl sites for hydroxylation is 1. The number of hydrogen-bond acceptors (Lipinski definition) is 6. The van der Waals surface area contributed by atoms with E-state index in [2.05, 4.69) is 10.3 Å². The zero-order chi connectivity index (χ0) is 25.0. The molecule has 0 spiro atoms. The van der Waals surface area contributed by atoms with Gasteiger partial charge >= 0.3 is 35.5 Å². The van der Waals surface area contributed by atoms with Gasteiger partial charge in [0.2, 0.25) is 0 Å². The van der Waals surface area contributed by atoms with Crippen molar-refractivity contribution in [2.24, 2.45) is 0 Å². The summed E-state index contributed by atoms with van der Waals surface area (Å²) in [6.45, 7) is 3.93. The average molecular weight is 515 g/mol. The predicted octanol–water partition coefficient (Wildman–Crippen LogP) is 2.52. The Morgan fingerprint density at radius 2 is 2.00 bits per heavy atom. The molecule has 10 heteroatoms. The van der Waals surface area contributed by atoms with Crippen molar-refractivity contribution in [2.45, 2.75) is 32.4 Å². The number of rotatable bonds is 5. The van der Waals surface area contributed by atoms with Crippen LogP contribution in [0.5, 0.6) is 11.5 Å². The van der Waals surface area contributed by atoms with E-state index in [9.17, 15) is 13.6 Å². The summed E-state index contributed by atoms with van der Waals surface area (Å²) in [6, 6.07) is 13.7. The van der Waals surface area contributed by atoms with Crippen LogP contribution in [0, 0.1) is 11.6 Å². The molecule has 3 heterocycles. The van der Waals surface area contributed by atoms with Crippen LogP contribution in [-0.4, -0.2) is 28.7 Å². The molecule has 2 atom stereocenters. The van der Waals surface area contributed by atoms with E-state index in [1.165, 1.54) is 13.0 Å². The Morgan fingerprint density at radius 3 is 2.78 bits per heavy atom. The van der Waals surface area contributed by atoms with Crippen LogP contribution >= 0.6 is 0 Å². The van der Waals surface area contributed by atoms with Gasteiger partial charge in [0.1, 0.15) is 36.1 Å². The monoisotopic (exact) mass is 515 g/mol. The quantitative estimate of drug-likeness (QED) is 0.325. The summed E-state index contributed by atoms with van der Waals surface area (Å²) in [5.74, 6) is -0.340. The molecule has 1 aromatic heterocycles. The van der Waals surface area contributed by atoms with Crippen LogP contribution in [0.15, 0.2) is 48.5 Å². The summed E-state index contributed by atoms with van der Waals surface area (Å²) < 4.78 is 47.8. The number of carbonyl (C=O) groups excluding carboxylic acids is 1. The number of hydrogen-bond donors (Lipinski definition) is 1. The number of ether oxygens (including phenoxy) is 3. The smallest absolute Gasteiger partial charge is 1.00 e. The molecular formula is C27H24F2N3NaO4. The van der Waals surface area contributed by atoms with Gasteiger partial charge in [0.05, 0.1) is 17.2 Å². The van der Waals surface area contributed by atoms with E-state index in [0.29, 0.717) is 41.6 Å². The minimum atomic E-state index is -0.935. The predicted molar refractivity (Wildman–Crippen MR) is 130 cm³/mol. The summed E-state index contributed by atoms with van der Waals surface area (Å²) in [4.78, 5) is 15.9. The van der Waals surface area contributed by atoms with Gasteiger partial charge < -0.3 is 21.0 Å². The molecule has 0 saturated heterocycles. The Morgan fingerprint density at radius 1 is 1.16 bits per heavy atom. The van der Waals surface area contributed by atoms with Gasteiger partial charge in [0, 0.05) is 36.2 Å². The van der Waals surface area contributed by atoms with Gasteiger partial charge in [-0.1, -0.05) is 19.1 Å². The number of fused-ring (bicyclic) bond motifs is 3. The third-order valence-corrected chi connectivity index (χ3v) is 6.53. The van der Waals surface area contributed by atoms with Crippen molar-refractivity contribution in [3.63, 3.8) is 0 Å². The molecule has 7 nitrogen and oxygen atoms in total. The normalized spacial score (nSPS) is 17.4. The molecule has 186 valence electrons. The van der Waals surface area contributed by atoms with E-state index in [-0.39, 0.29) is 55.1 Å². The Balaban J connectivity index is 0.00000168. The van der Waals surface area contributed by atoms with Crippen molar-refractivity contribution in [3.8, 4) is 17.2 Å². The standard InChI is InChI=1S/C27H23F2N3O4.Na.H/c1-3-24-31-19-10-9-18(28)25(29)26(19)32(24)21-6-4-5-16-20(12-35-27(16)21)30-15-7-8-17-22(11-15)34-13-23(17)36-14(2)33;;/h4-11,20,23,30H,3,12-13H2,1-2H3;;/q;+1;-1/t20-,23-;;/m1../s1. The Labute approximate surface area is 235 Å². The first-order valence-electron chi connectivity index (χ1n) is 11.8. The first kappa shape index (κ1) is 25.5. The van der Waals surface area contributed by atoms with Gasteiger partial charge in [-0.2, -0.15) is 0 Å². The molecule has 0 bridgehead atoms. The van der Waals surface area contributed by atoms with Crippen molar-refractivity contribution in [3.05, 3.63) is 77.1 Å². The fourth-order valence-electron chi connectivity index (χ4n) is 4.94. The minimum absolute atomic E-state index is 0. The number of anilines is 1. The summed E-state index contributed by atoms with van der Waals surface area (Å²) in [5, 5.41) is 3.47. The van der Waals surface area contributed by atoms with Crippen molar-refractivity contribution in [1.29, 1.82) is 0 Å². The maximum absolute atomic E-state index is 14.9. The van der Waals surface area contributed by atoms with Crippen LogP contribution in [0.3, 0.4) is 0 Å². The molecule has 0 radical (unpaired) electrons. The van der Waals surface area contributed by atoms with Crippen LogP contribution in [-0.2, 0) is 16.0 Å². The zero-order valence-corrected chi connectivity index (χ0v) is 22.7. The van der Waals surface area contributed by atoms with Crippen LogP contribution in [0.4, 0.5) is 14.5 Å². The molecule has 0 fully saturated rings. The van der Waals surface area contributed by atoms with E-state index in [0.717, 1.165) is 22.9 Å². The van der Waals surface area contributed by atoms with Gasteiger partial charge in [-0.15, -0.1) is 0 Å². The molecule has 0 unspecified atom stereocenters. The molecule has 2 aliphatic heterocycles. The van der Waals surface area contributed by atoms with Gasteiger partial charge in [0.25, 0.3) is 0 Å². The van der Waals surface area contributed by atoms with Crippen molar-refractivity contribution in [2.75, 3.05) is 18.5 Å². The summed E-state index contributed by atoms with van der Waals surface area (Å²) in [6.07, 6.45) is 0.123. The minimum Gasteiger partial charge on any atom is -1.00 e. The number of aromatic nitrogens is 2. The topological polar surface area (TPSA) is 74.6 Å². The second-order valence-corrected chi connectivity index (χ2v) is 8.81. The molecule has 0 aliphatic carbocycles. The Kier molecular flexibility index (Phi) is 6.87. The van der Waals surface area contributed by atoms with Crippen LogP contribution in [0.25, 0.3) is 16.7 Å². The van der Waals surface area contributed by atoms with Crippen molar-refractivity contribution < 1.29 is 58.8 Å². The summed E-state index contributed by atoms with van der Waals surface area (Å²) >= 11 is 0.